The van der Waals surface area contributed by atoms with Gasteiger partial charge in [0.15, 0.2) is 4.67 Å². The molecule has 1 fully saturated rings. The molecule has 0 saturated heterocycles. The van der Waals surface area contributed by atoms with E-state index in [0.29, 0.717) is 5.92 Å². The van der Waals surface area contributed by atoms with Crippen molar-refractivity contribution >= 4 is 21.9 Å². The molecule has 0 amide bonds. The van der Waals surface area contributed by atoms with Crippen molar-refractivity contribution in [1.29, 1.82) is 0 Å². The zero-order valence-electron chi connectivity index (χ0n) is 10.2. The van der Waals surface area contributed by atoms with Crippen molar-refractivity contribution in [3.63, 3.8) is 0 Å². The molecule has 1 saturated carbocycles. The molecule has 0 spiro atoms. The first-order chi connectivity index (χ1) is 8.65. The Balaban J connectivity index is 1.65. The smallest absolute Gasteiger partial charge is 0.306 e. The summed E-state index contributed by atoms with van der Waals surface area (Å²) in [4.78, 5) is 10.8. The minimum Gasteiger partial charge on any atom is -0.481 e. The zero-order valence-corrected chi connectivity index (χ0v) is 11.8. The minimum atomic E-state index is -0.637. The number of aliphatic carboxylic acids is 1. The normalized spacial score (nSPS) is 24.1. The Labute approximate surface area is 115 Å². The number of hydrogen-bond donors (Lipinski definition) is 2. The lowest BCUT2D eigenvalue weighted by molar-refractivity contribution is -0.143. The summed E-state index contributed by atoms with van der Waals surface area (Å²) in [6, 6.07) is 3.83. The van der Waals surface area contributed by atoms with Crippen LogP contribution in [0.1, 0.15) is 31.4 Å². The Morgan fingerprint density at radius 3 is 2.67 bits per heavy atom. The molecule has 1 aliphatic rings. The molecule has 5 heteroatoms. The summed E-state index contributed by atoms with van der Waals surface area (Å²) in [5.41, 5.74) is 0. The van der Waals surface area contributed by atoms with Gasteiger partial charge in [-0.3, -0.25) is 4.79 Å². The van der Waals surface area contributed by atoms with Crippen LogP contribution in [0.15, 0.2) is 21.2 Å². The van der Waals surface area contributed by atoms with Gasteiger partial charge in [0.1, 0.15) is 5.76 Å². The fourth-order valence-electron chi connectivity index (χ4n) is 2.46. The minimum absolute atomic E-state index is 0.123. The first kappa shape index (κ1) is 13.6. The Morgan fingerprint density at radius 1 is 1.39 bits per heavy atom. The number of carboxylic acid groups (broad SMARTS) is 1. The SMILES string of the molecule is O=C(O)C1CCC(CNCc2ccc(Br)o2)CC1. The van der Waals surface area contributed by atoms with Crippen LogP contribution < -0.4 is 5.32 Å². The van der Waals surface area contributed by atoms with Gasteiger partial charge in [0.25, 0.3) is 0 Å². The quantitative estimate of drug-likeness (QED) is 0.876. The Bertz CT molecular complexity index is 397. The largest absolute Gasteiger partial charge is 0.481 e. The van der Waals surface area contributed by atoms with Crippen molar-refractivity contribution in [3.8, 4) is 0 Å². The van der Waals surface area contributed by atoms with Gasteiger partial charge in [-0.05, 0) is 66.2 Å². The molecule has 0 atom stereocenters. The second-order valence-corrected chi connectivity index (χ2v) is 5.67. The molecule has 2 rings (SSSR count). The molecule has 1 aromatic heterocycles. The number of carboxylic acids is 1. The summed E-state index contributed by atoms with van der Waals surface area (Å²) in [6.45, 7) is 1.66. The van der Waals surface area contributed by atoms with Gasteiger partial charge in [0.2, 0.25) is 0 Å². The number of hydrogen-bond acceptors (Lipinski definition) is 3. The fourth-order valence-corrected chi connectivity index (χ4v) is 2.80. The maximum atomic E-state index is 10.8. The Hall–Kier alpha value is -0.810. The van der Waals surface area contributed by atoms with Gasteiger partial charge in [-0.15, -0.1) is 0 Å². The average Bonchev–Trinajstić information content (AvgIpc) is 2.76. The van der Waals surface area contributed by atoms with Crippen LogP contribution in [-0.2, 0) is 11.3 Å². The van der Waals surface area contributed by atoms with Crippen LogP contribution in [0.3, 0.4) is 0 Å². The molecule has 4 nitrogen and oxygen atoms in total. The number of nitrogens with one attached hydrogen (secondary N) is 1. The summed E-state index contributed by atoms with van der Waals surface area (Å²) in [5, 5.41) is 12.3. The third-order valence-electron chi connectivity index (χ3n) is 3.56. The van der Waals surface area contributed by atoms with Gasteiger partial charge >= 0.3 is 5.97 Å². The van der Waals surface area contributed by atoms with Crippen LogP contribution in [0.25, 0.3) is 0 Å². The highest BCUT2D eigenvalue weighted by Crippen LogP contribution is 2.28. The molecule has 18 heavy (non-hydrogen) atoms. The Kier molecular flexibility index (Phi) is 4.83. The lowest BCUT2D eigenvalue weighted by atomic mass is 9.82. The van der Waals surface area contributed by atoms with Crippen LogP contribution in [0.4, 0.5) is 0 Å². The van der Waals surface area contributed by atoms with E-state index >= 15 is 0 Å². The van der Waals surface area contributed by atoms with Crippen molar-refractivity contribution in [2.24, 2.45) is 11.8 Å². The third-order valence-corrected chi connectivity index (χ3v) is 3.98. The highest BCUT2D eigenvalue weighted by molar-refractivity contribution is 9.10. The van der Waals surface area contributed by atoms with E-state index in [9.17, 15) is 4.79 Å². The molecule has 0 aliphatic heterocycles. The van der Waals surface area contributed by atoms with Crippen LogP contribution >= 0.6 is 15.9 Å². The van der Waals surface area contributed by atoms with E-state index in [2.05, 4.69) is 21.2 Å². The van der Waals surface area contributed by atoms with Crippen LogP contribution in [0, 0.1) is 11.8 Å². The van der Waals surface area contributed by atoms with Gasteiger partial charge < -0.3 is 14.8 Å². The lowest BCUT2D eigenvalue weighted by Gasteiger charge is -2.26. The molecule has 0 unspecified atom stereocenters. The number of rotatable bonds is 5. The monoisotopic (exact) mass is 315 g/mol. The van der Waals surface area contributed by atoms with Crippen molar-refractivity contribution in [1.82, 2.24) is 5.32 Å². The summed E-state index contributed by atoms with van der Waals surface area (Å²) in [7, 11) is 0. The molecule has 0 aromatic carbocycles. The molecule has 0 bridgehead atoms. The predicted octanol–water partition coefficient (Wildman–Crippen LogP) is 3.02. The second-order valence-electron chi connectivity index (χ2n) is 4.89. The van der Waals surface area contributed by atoms with E-state index in [1.807, 2.05) is 12.1 Å². The van der Waals surface area contributed by atoms with E-state index in [-0.39, 0.29) is 5.92 Å². The summed E-state index contributed by atoms with van der Waals surface area (Å²) in [5.74, 6) is 0.754. The molecular weight excluding hydrogens is 298 g/mol. The molecule has 2 N–H and O–H groups in total. The van der Waals surface area contributed by atoms with E-state index in [4.69, 9.17) is 9.52 Å². The third kappa shape index (κ3) is 3.85. The van der Waals surface area contributed by atoms with Gasteiger partial charge in [-0.2, -0.15) is 0 Å². The van der Waals surface area contributed by atoms with Crippen molar-refractivity contribution in [3.05, 3.63) is 22.6 Å². The van der Waals surface area contributed by atoms with Crippen LogP contribution in [0.2, 0.25) is 0 Å². The number of carbonyl (C=O) groups is 1. The van der Waals surface area contributed by atoms with E-state index in [1.165, 1.54) is 0 Å². The van der Waals surface area contributed by atoms with E-state index < -0.39 is 5.97 Å². The summed E-state index contributed by atoms with van der Waals surface area (Å²) >= 11 is 3.27. The van der Waals surface area contributed by atoms with Crippen LogP contribution in [0.5, 0.6) is 0 Å². The average molecular weight is 316 g/mol. The molecular formula is C13H18BrNO3. The molecule has 1 heterocycles. The maximum absolute atomic E-state index is 10.8. The molecule has 1 aromatic rings. The molecule has 1 aliphatic carbocycles. The summed E-state index contributed by atoms with van der Waals surface area (Å²) < 4.78 is 6.15. The Morgan fingerprint density at radius 2 is 2.11 bits per heavy atom. The topological polar surface area (TPSA) is 62.5 Å². The zero-order chi connectivity index (χ0) is 13.0. The van der Waals surface area contributed by atoms with Gasteiger partial charge in [-0.1, -0.05) is 0 Å². The first-order valence-electron chi connectivity index (χ1n) is 6.33. The lowest BCUT2D eigenvalue weighted by Crippen LogP contribution is -2.28. The standard InChI is InChI=1S/C13H18BrNO3/c14-12-6-5-11(18-12)8-15-7-9-1-3-10(4-2-9)13(16)17/h5-6,9-10,15H,1-4,7-8H2,(H,16,17). The van der Waals surface area contributed by atoms with Crippen molar-refractivity contribution in [2.75, 3.05) is 6.54 Å². The van der Waals surface area contributed by atoms with Crippen LogP contribution in [-0.4, -0.2) is 17.6 Å². The van der Waals surface area contributed by atoms with E-state index in [0.717, 1.165) is 49.2 Å². The second kappa shape index (κ2) is 6.38. The number of furan rings is 1. The molecule has 100 valence electrons. The first-order valence-corrected chi connectivity index (χ1v) is 7.12. The van der Waals surface area contributed by atoms with Gasteiger partial charge in [0, 0.05) is 0 Å². The highest BCUT2D eigenvalue weighted by Gasteiger charge is 2.25. The fraction of sp³-hybridized carbons (Fsp3) is 0.615. The van der Waals surface area contributed by atoms with Gasteiger partial charge in [-0.25, -0.2) is 0 Å². The van der Waals surface area contributed by atoms with Crippen molar-refractivity contribution < 1.29 is 14.3 Å². The molecule has 0 radical (unpaired) electrons. The van der Waals surface area contributed by atoms with Gasteiger partial charge in [0.05, 0.1) is 12.5 Å². The highest BCUT2D eigenvalue weighted by atomic mass is 79.9. The van der Waals surface area contributed by atoms with E-state index in [1.54, 1.807) is 0 Å². The number of halogens is 1. The summed E-state index contributed by atoms with van der Waals surface area (Å²) in [6.07, 6.45) is 3.64. The maximum Gasteiger partial charge on any atom is 0.306 e. The predicted molar refractivity (Wildman–Crippen MR) is 71.2 cm³/mol. The van der Waals surface area contributed by atoms with Crippen molar-refractivity contribution in [2.45, 2.75) is 32.2 Å².